The van der Waals surface area contributed by atoms with E-state index in [-0.39, 0.29) is 19.1 Å². The fourth-order valence-corrected chi connectivity index (χ4v) is 10.1. The highest BCUT2D eigenvalue weighted by molar-refractivity contribution is 7.47. The van der Waals surface area contributed by atoms with Gasteiger partial charge in [0.25, 0.3) is 0 Å². The highest BCUT2D eigenvalue weighted by Gasteiger charge is 2.27. The molecule has 1 amide bonds. The minimum atomic E-state index is -4.35. The van der Waals surface area contributed by atoms with Crippen LogP contribution in [-0.4, -0.2) is 73.4 Å². The van der Waals surface area contributed by atoms with E-state index in [9.17, 15) is 19.4 Å². The molecule has 0 bridgehead atoms. The molecule has 0 heterocycles. The molecular formula is C61H122N2O6P+. The number of phosphoric ester groups is 1. The molecule has 416 valence electrons. The van der Waals surface area contributed by atoms with Gasteiger partial charge < -0.3 is 19.8 Å². The van der Waals surface area contributed by atoms with Crippen molar-refractivity contribution in [1.82, 2.24) is 5.32 Å². The van der Waals surface area contributed by atoms with Gasteiger partial charge in [0.1, 0.15) is 13.2 Å². The molecule has 0 rings (SSSR count). The second-order valence-corrected chi connectivity index (χ2v) is 23.9. The minimum absolute atomic E-state index is 0.0637. The molecule has 0 aromatic heterocycles. The molecule has 8 nitrogen and oxygen atoms in total. The van der Waals surface area contributed by atoms with Gasteiger partial charge in [-0.3, -0.25) is 13.8 Å². The van der Waals surface area contributed by atoms with Crippen molar-refractivity contribution in [2.24, 2.45) is 0 Å². The van der Waals surface area contributed by atoms with Gasteiger partial charge in [0.2, 0.25) is 5.91 Å². The molecule has 0 saturated carbocycles. The van der Waals surface area contributed by atoms with Gasteiger partial charge in [-0.05, 0) is 44.9 Å². The van der Waals surface area contributed by atoms with Gasteiger partial charge in [0, 0.05) is 6.42 Å². The number of likely N-dealkylation sites (N-methyl/N-ethyl adjacent to an activating group) is 1. The molecule has 3 N–H and O–H groups in total. The first-order valence-electron chi connectivity index (χ1n) is 30.7. The molecule has 3 unspecified atom stereocenters. The van der Waals surface area contributed by atoms with Crippen molar-refractivity contribution < 1.29 is 32.9 Å². The maximum Gasteiger partial charge on any atom is 0.472 e. The maximum absolute atomic E-state index is 13.0. The summed E-state index contributed by atoms with van der Waals surface area (Å²) in [5, 5.41) is 14.0. The number of carbonyl (C=O) groups is 1. The number of nitrogens with one attached hydrogen (secondary N) is 1. The maximum atomic E-state index is 13.0. The third-order valence-corrected chi connectivity index (χ3v) is 15.1. The van der Waals surface area contributed by atoms with Crippen LogP contribution in [0.4, 0.5) is 0 Å². The lowest BCUT2D eigenvalue weighted by atomic mass is 10.0. The Kier molecular flexibility index (Phi) is 52.1. The van der Waals surface area contributed by atoms with Crippen LogP contribution in [0.15, 0.2) is 24.3 Å². The second kappa shape index (κ2) is 52.8. The predicted molar refractivity (Wildman–Crippen MR) is 305 cm³/mol. The van der Waals surface area contributed by atoms with Crippen LogP contribution in [0.25, 0.3) is 0 Å². The number of hydrogen-bond acceptors (Lipinski definition) is 5. The Morgan fingerprint density at radius 1 is 0.471 bits per heavy atom. The van der Waals surface area contributed by atoms with E-state index in [2.05, 4.69) is 31.3 Å². The molecule has 0 aliphatic heterocycles. The van der Waals surface area contributed by atoms with E-state index in [1.54, 1.807) is 6.08 Å². The summed E-state index contributed by atoms with van der Waals surface area (Å²) in [4.78, 5) is 23.3. The Morgan fingerprint density at radius 3 is 1.10 bits per heavy atom. The zero-order chi connectivity index (χ0) is 51.3. The number of nitrogens with zero attached hydrogens (tertiary/aromatic N) is 1. The predicted octanol–water partition coefficient (Wildman–Crippen LogP) is 18.8. The molecule has 0 aromatic carbocycles. The third kappa shape index (κ3) is 54.7. The van der Waals surface area contributed by atoms with E-state index in [4.69, 9.17) is 9.05 Å². The fraction of sp³-hybridized carbons (Fsp3) is 0.918. The lowest BCUT2D eigenvalue weighted by Crippen LogP contribution is -2.45. The number of phosphoric acid groups is 1. The summed E-state index contributed by atoms with van der Waals surface area (Å²) in [7, 11) is 1.59. The standard InChI is InChI=1S/C61H121N2O6P/c1-6-8-10-12-14-16-18-20-22-24-26-28-30-31-33-35-37-39-41-43-45-47-49-51-53-55-61(65)62-59(58-69-70(66,67)68-57-56-63(3,4)5)60(64)54-52-50-48-46-44-42-40-38-36-34-32-29-27-25-23-21-19-17-15-13-11-9-7-2/h24,26,52,54,59-60,64H,6-23,25,27-51,53,55-58H2,1-5H3,(H-,62,65,66,67)/p+1/b26-24-,54-52+. The summed E-state index contributed by atoms with van der Waals surface area (Å²) < 4.78 is 23.8. The van der Waals surface area contributed by atoms with Gasteiger partial charge in [-0.25, -0.2) is 4.57 Å². The number of carbonyl (C=O) groups excluding carboxylic acids is 1. The van der Waals surface area contributed by atoms with E-state index in [1.165, 1.54) is 257 Å². The lowest BCUT2D eigenvalue weighted by molar-refractivity contribution is -0.870. The van der Waals surface area contributed by atoms with Crippen LogP contribution in [0.5, 0.6) is 0 Å². The van der Waals surface area contributed by atoms with Gasteiger partial charge in [-0.1, -0.05) is 282 Å². The molecular weight excluding hydrogens is 888 g/mol. The Bertz CT molecular complexity index is 1190. The van der Waals surface area contributed by atoms with Crippen molar-refractivity contribution in [2.75, 3.05) is 40.9 Å². The summed E-state index contributed by atoms with van der Waals surface area (Å²) in [5.41, 5.74) is 0. The number of rotatable bonds is 57. The third-order valence-electron chi connectivity index (χ3n) is 14.2. The van der Waals surface area contributed by atoms with Crippen LogP contribution in [-0.2, 0) is 18.4 Å². The molecule has 3 atom stereocenters. The number of aliphatic hydroxyl groups excluding tert-OH is 1. The minimum Gasteiger partial charge on any atom is -0.387 e. The number of aliphatic hydroxyl groups is 1. The average molecular weight is 1010 g/mol. The molecule has 0 saturated heterocycles. The first-order chi connectivity index (χ1) is 34.0. The van der Waals surface area contributed by atoms with Crippen LogP contribution in [0.3, 0.4) is 0 Å². The van der Waals surface area contributed by atoms with Crippen LogP contribution in [0.1, 0.15) is 309 Å². The summed E-state index contributed by atoms with van der Waals surface area (Å²) in [6, 6.07) is -0.845. The number of amides is 1. The summed E-state index contributed by atoms with van der Waals surface area (Å²) in [6.45, 7) is 4.86. The highest BCUT2D eigenvalue weighted by atomic mass is 31.2. The topological polar surface area (TPSA) is 105 Å². The Hall–Kier alpha value is -1.02. The first kappa shape index (κ1) is 69.0. The van der Waals surface area contributed by atoms with E-state index in [1.807, 2.05) is 27.2 Å². The smallest absolute Gasteiger partial charge is 0.387 e. The van der Waals surface area contributed by atoms with Gasteiger partial charge in [-0.15, -0.1) is 0 Å². The first-order valence-corrected chi connectivity index (χ1v) is 32.2. The number of quaternary nitrogens is 1. The highest BCUT2D eigenvalue weighted by Crippen LogP contribution is 2.43. The van der Waals surface area contributed by atoms with Gasteiger partial charge in [0.15, 0.2) is 0 Å². The quantitative estimate of drug-likeness (QED) is 0.0243. The Morgan fingerprint density at radius 2 is 0.771 bits per heavy atom. The zero-order valence-corrected chi connectivity index (χ0v) is 48.4. The van der Waals surface area contributed by atoms with Crippen molar-refractivity contribution in [3.8, 4) is 0 Å². The molecule has 0 aliphatic rings. The molecule has 0 fully saturated rings. The van der Waals surface area contributed by atoms with Crippen molar-refractivity contribution in [2.45, 2.75) is 321 Å². The van der Waals surface area contributed by atoms with Gasteiger partial charge in [-0.2, -0.15) is 0 Å². The van der Waals surface area contributed by atoms with Crippen molar-refractivity contribution in [3.05, 3.63) is 24.3 Å². The fourth-order valence-electron chi connectivity index (χ4n) is 9.33. The van der Waals surface area contributed by atoms with Crippen molar-refractivity contribution in [1.29, 1.82) is 0 Å². The van der Waals surface area contributed by atoms with Crippen LogP contribution >= 0.6 is 7.82 Å². The molecule has 0 spiro atoms. The van der Waals surface area contributed by atoms with Crippen LogP contribution in [0, 0.1) is 0 Å². The van der Waals surface area contributed by atoms with Gasteiger partial charge >= 0.3 is 7.82 Å². The SMILES string of the molecule is CCCCCCCCCC/C=C\CCCCCCCCCCCCCCCC(=O)NC(COP(=O)(O)OCC[N+](C)(C)C)C(O)/C=C/CCCCCCCCCCCCCCCCCCCCCCC. The average Bonchev–Trinajstić information content (AvgIpc) is 3.32. The summed E-state index contributed by atoms with van der Waals surface area (Å²) in [5.74, 6) is -0.172. The van der Waals surface area contributed by atoms with Gasteiger partial charge in [0.05, 0.1) is 39.9 Å². The second-order valence-electron chi connectivity index (χ2n) is 22.4. The van der Waals surface area contributed by atoms with Crippen LogP contribution in [0.2, 0.25) is 0 Å². The van der Waals surface area contributed by atoms with E-state index in [0.29, 0.717) is 17.4 Å². The van der Waals surface area contributed by atoms with Crippen molar-refractivity contribution >= 4 is 13.7 Å². The molecule has 0 aromatic rings. The Balaban J connectivity index is 4.15. The zero-order valence-electron chi connectivity index (χ0n) is 47.5. The monoisotopic (exact) mass is 1010 g/mol. The lowest BCUT2D eigenvalue weighted by Gasteiger charge is -2.25. The molecule has 9 heteroatoms. The number of allylic oxidation sites excluding steroid dienone is 3. The Labute approximate surface area is 436 Å². The molecule has 0 radical (unpaired) electrons. The largest absolute Gasteiger partial charge is 0.472 e. The molecule has 70 heavy (non-hydrogen) atoms. The normalized spacial score (nSPS) is 14.0. The molecule has 0 aliphatic carbocycles. The van der Waals surface area contributed by atoms with Crippen molar-refractivity contribution in [3.63, 3.8) is 0 Å². The van der Waals surface area contributed by atoms with E-state index in [0.717, 1.165) is 32.1 Å². The number of unbranched alkanes of at least 4 members (excludes halogenated alkanes) is 42. The number of hydrogen-bond donors (Lipinski definition) is 3. The summed E-state index contributed by atoms with van der Waals surface area (Å²) >= 11 is 0. The van der Waals surface area contributed by atoms with E-state index < -0.39 is 20.0 Å². The van der Waals surface area contributed by atoms with Crippen LogP contribution < -0.4 is 5.32 Å². The van der Waals surface area contributed by atoms with E-state index >= 15 is 0 Å². The summed E-state index contributed by atoms with van der Waals surface area (Å²) in [6.07, 6.45) is 67.1.